The van der Waals surface area contributed by atoms with Crippen molar-refractivity contribution in [2.45, 2.75) is 0 Å². The van der Waals surface area contributed by atoms with E-state index in [1.807, 2.05) is 12.1 Å². The number of benzene rings is 1. The van der Waals surface area contributed by atoms with Gasteiger partial charge in [0.2, 0.25) is 0 Å². The fourth-order valence-corrected chi connectivity index (χ4v) is 1.82. The van der Waals surface area contributed by atoms with E-state index in [0.29, 0.717) is 11.3 Å². The minimum absolute atomic E-state index is 0.522. The quantitative estimate of drug-likeness (QED) is 0.769. The first-order valence-electron chi connectivity index (χ1n) is 5.50. The highest BCUT2D eigenvalue weighted by atomic mass is 16.5. The third-order valence-corrected chi connectivity index (χ3v) is 2.74. The summed E-state index contributed by atoms with van der Waals surface area (Å²) in [6, 6.07) is 7.35. The van der Waals surface area contributed by atoms with E-state index in [4.69, 9.17) is 4.74 Å². The Morgan fingerprint density at radius 1 is 1.28 bits per heavy atom. The Morgan fingerprint density at radius 2 is 2.11 bits per heavy atom. The number of carbonyl (C=O) groups excluding carboxylic acids is 1. The van der Waals surface area contributed by atoms with E-state index in [0.717, 1.165) is 23.0 Å². The largest absolute Gasteiger partial charge is 0.496 e. The lowest BCUT2D eigenvalue weighted by Gasteiger charge is -2.08. The zero-order chi connectivity index (χ0) is 13.0. The summed E-state index contributed by atoms with van der Waals surface area (Å²) < 4.78 is 5.12. The van der Waals surface area contributed by atoms with Crippen LogP contribution in [0.2, 0.25) is 0 Å². The molecule has 0 atom stereocenters. The molecular formula is C15H13NO2. The van der Waals surface area contributed by atoms with Gasteiger partial charge in [-0.1, -0.05) is 18.7 Å². The molecule has 1 aromatic carbocycles. The van der Waals surface area contributed by atoms with Gasteiger partial charge in [0.05, 0.1) is 12.7 Å². The van der Waals surface area contributed by atoms with Crippen LogP contribution in [-0.4, -0.2) is 18.4 Å². The van der Waals surface area contributed by atoms with Gasteiger partial charge in [0.15, 0.2) is 6.29 Å². The molecule has 0 aliphatic heterocycles. The summed E-state index contributed by atoms with van der Waals surface area (Å²) in [4.78, 5) is 15.1. The Labute approximate surface area is 106 Å². The lowest BCUT2D eigenvalue weighted by atomic mass is 10.00. The molecule has 3 nitrogen and oxygen atoms in total. The van der Waals surface area contributed by atoms with Crippen LogP contribution in [0.15, 0.2) is 43.2 Å². The van der Waals surface area contributed by atoms with Gasteiger partial charge in [0.1, 0.15) is 5.75 Å². The Balaban J connectivity index is 2.57. The lowest BCUT2D eigenvalue weighted by Crippen LogP contribution is -1.92. The molecular weight excluding hydrogens is 226 g/mol. The van der Waals surface area contributed by atoms with Crippen molar-refractivity contribution in [3.8, 4) is 16.9 Å². The average molecular weight is 239 g/mol. The van der Waals surface area contributed by atoms with Crippen LogP contribution >= 0.6 is 0 Å². The summed E-state index contributed by atoms with van der Waals surface area (Å²) >= 11 is 0. The molecule has 0 fully saturated rings. The van der Waals surface area contributed by atoms with E-state index < -0.39 is 0 Å². The van der Waals surface area contributed by atoms with E-state index in [1.54, 1.807) is 37.7 Å². The first-order chi connectivity index (χ1) is 8.80. The van der Waals surface area contributed by atoms with Crippen LogP contribution < -0.4 is 4.74 Å². The summed E-state index contributed by atoms with van der Waals surface area (Å²) in [7, 11) is 1.54. The maximum absolute atomic E-state index is 11.0. The number of hydrogen-bond acceptors (Lipinski definition) is 3. The SMILES string of the molecule is C=Cc1ccncc1-c1ccc(OC)c(C=O)c1. The number of aromatic nitrogens is 1. The van der Waals surface area contributed by atoms with E-state index in [9.17, 15) is 4.79 Å². The Hall–Kier alpha value is -2.42. The maximum atomic E-state index is 11.0. The number of rotatable bonds is 4. The summed E-state index contributed by atoms with van der Waals surface area (Å²) in [5.74, 6) is 0.567. The molecule has 0 aliphatic carbocycles. The van der Waals surface area contributed by atoms with Gasteiger partial charge in [-0.05, 0) is 29.3 Å². The monoisotopic (exact) mass is 239 g/mol. The van der Waals surface area contributed by atoms with E-state index in [2.05, 4.69) is 11.6 Å². The molecule has 1 aromatic heterocycles. The predicted molar refractivity (Wildman–Crippen MR) is 71.7 cm³/mol. The molecule has 0 N–H and O–H groups in total. The Morgan fingerprint density at radius 3 is 2.78 bits per heavy atom. The highest BCUT2D eigenvalue weighted by Crippen LogP contribution is 2.28. The van der Waals surface area contributed by atoms with Crippen molar-refractivity contribution in [3.63, 3.8) is 0 Å². The number of carbonyl (C=O) groups is 1. The minimum atomic E-state index is 0.522. The van der Waals surface area contributed by atoms with Gasteiger partial charge in [0, 0.05) is 18.0 Å². The normalized spacial score (nSPS) is 9.83. The van der Waals surface area contributed by atoms with Crippen molar-refractivity contribution in [1.29, 1.82) is 0 Å². The third-order valence-electron chi connectivity index (χ3n) is 2.74. The average Bonchev–Trinajstić information content (AvgIpc) is 2.46. The minimum Gasteiger partial charge on any atom is -0.496 e. The Kier molecular flexibility index (Phi) is 3.53. The van der Waals surface area contributed by atoms with Crippen molar-refractivity contribution in [3.05, 3.63) is 54.4 Å². The van der Waals surface area contributed by atoms with E-state index in [1.165, 1.54) is 0 Å². The van der Waals surface area contributed by atoms with Crippen LogP contribution in [0.4, 0.5) is 0 Å². The molecule has 0 saturated heterocycles. The standard InChI is InChI=1S/C15H13NO2/c1-3-11-6-7-16-9-14(11)12-4-5-15(18-2)13(8-12)10-17/h3-10H,1H2,2H3. The number of aldehydes is 1. The smallest absolute Gasteiger partial charge is 0.153 e. The highest BCUT2D eigenvalue weighted by molar-refractivity contribution is 5.84. The second-order valence-electron chi connectivity index (χ2n) is 3.74. The summed E-state index contributed by atoms with van der Waals surface area (Å²) in [6.45, 7) is 3.77. The van der Waals surface area contributed by atoms with Gasteiger partial charge in [-0.15, -0.1) is 0 Å². The molecule has 1 heterocycles. The van der Waals surface area contributed by atoms with E-state index in [-0.39, 0.29) is 0 Å². The summed E-state index contributed by atoms with van der Waals surface area (Å²) in [6.07, 6.45) is 6.02. The van der Waals surface area contributed by atoms with Crippen LogP contribution in [0.1, 0.15) is 15.9 Å². The molecule has 3 heteroatoms. The maximum Gasteiger partial charge on any atom is 0.153 e. The zero-order valence-corrected chi connectivity index (χ0v) is 10.1. The molecule has 2 aromatic rings. The van der Waals surface area contributed by atoms with Gasteiger partial charge in [-0.3, -0.25) is 9.78 Å². The third kappa shape index (κ3) is 2.15. The summed E-state index contributed by atoms with van der Waals surface area (Å²) in [5.41, 5.74) is 3.36. The van der Waals surface area contributed by atoms with Crippen molar-refractivity contribution >= 4 is 12.4 Å². The van der Waals surface area contributed by atoms with Crippen molar-refractivity contribution < 1.29 is 9.53 Å². The second kappa shape index (κ2) is 5.27. The van der Waals surface area contributed by atoms with Crippen molar-refractivity contribution in [2.75, 3.05) is 7.11 Å². The van der Waals surface area contributed by atoms with Gasteiger partial charge in [-0.2, -0.15) is 0 Å². The molecule has 0 amide bonds. The van der Waals surface area contributed by atoms with Crippen LogP contribution in [0.3, 0.4) is 0 Å². The molecule has 0 saturated carbocycles. The molecule has 18 heavy (non-hydrogen) atoms. The molecule has 0 unspecified atom stereocenters. The molecule has 0 bridgehead atoms. The number of pyridine rings is 1. The molecule has 0 radical (unpaired) electrons. The number of methoxy groups -OCH3 is 1. The predicted octanol–water partition coefficient (Wildman–Crippen LogP) is 3.21. The number of hydrogen-bond donors (Lipinski definition) is 0. The molecule has 0 aliphatic rings. The fourth-order valence-electron chi connectivity index (χ4n) is 1.82. The summed E-state index contributed by atoms with van der Waals surface area (Å²) in [5, 5.41) is 0. The van der Waals surface area contributed by atoms with Crippen LogP contribution in [0.5, 0.6) is 5.75 Å². The second-order valence-corrected chi connectivity index (χ2v) is 3.74. The molecule has 90 valence electrons. The van der Waals surface area contributed by atoms with E-state index >= 15 is 0 Å². The van der Waals surface area contributed by atoms with Gasteiger partial charge < -0.3 is 4.74 Å². The number of ether oxygens (including phenoxy) is 1. The van der Waals surface area contributed by atoms with Crippen LogP contribution in [0.25, 0.3) is 17.2 Å². The van der Waals surface area contributed by atoms with Gasteiger partial charge in [-0.25, -0.2) is 0 Å². The molecule has 0 spiro atoms. The van der Waals surface area contributed by atoms with Crippen molar-refractivity contribution in [1.82, 2.24) is 4.98 Å². The Bertz CT molecular complexity index is 591. The first kappa shape index (κ1) is 12.0. The topological polar surface area (TPSA) is 39.2 Å². The molecule has 2 rings (SSSR count). The number of nitrogens with zero attached hydrogens (tertiary/aromatic N) is 1. The lowest BCUT2D eigenvalue weighted by molar-refractivity contribution is 0.112. The fraction of sp³-hybridized carbons (Fsp3) is 0.0667. The first-order valence-corrected chi connectivity index (χ1v) is 5.50. The van der Waals surface area contributed by atoms with Gasteiger partial charge >= 0.3 is 0 Å². The highest BCUT2D eigenvalue weighted by Gasteiger charge is 2.07. The van der Waals surface area contributed by atoms with Gasteiger partial charge in [0.25, 0.3) is 0 Å². The van der Waals surface area contributed by atoms with Crippen molar-refractivity contribution in [2.24, 2.45) is 0 Å². The van der Waals surface area contributed by atoms with Crippen LogP contribution in [-0.2, 0) is 0 Å². The zero-order valence-electron chi connectivity index (χ0n) is 10.1. The van der Waals surface area contributed by atoms with Crippen LogP contribution in [0, 0.1) is 0 Å².